The van der Waals surface area contributed by atoms with E-state index in [0.717, 1.165) is 45.0 Å². The highest BCUT2D eigenvalue weighted by Gasteiger charge is 2.16. The Kier molecular flexibility index (Phi) is 4.05. The van der Waals surface area contributed by atoms with Crippen molar-refractivity contribution in [1.82, 2.24) is 14.5 Å². The molecule has 2 aromatic heterocycles. The molecule has 0 aliphatic heterocycles. The number of hydrogen-bond donors (Lipinski definition) is 2. The predicted molar refractivity (Wildman–Crippen MR) is 105 cm³/mol. The first-order chi connectivity index (χ1) is 12.5. The van der Waals surface area contributed by atoms with Gasteiger partial charge in [-0.3, -0.25) is 0 Å². The number of aliphatic carboxylic acids is 1. The Hall–Kier alpha value is -2.99. The van der Waals surface area contributed by atoms with E-state index in [4.69, 9.17) is 0 Å². The van der Waals surface area contributed by atoms with Gasteiger partial charge in [0.05, 0.1) is 11.0 Å². The number of aromatic nitrogens is 3. The lowest BCUT2D eigenvalue weighted by molar-refractivity contribution is -0.131. The maximum Gasteiger partial charge on any atom is 0.342 e. The molecule has 0 fully saturated rings. The molecule has 2 aromatic carbocycles. The fraction of sp³-hybridized carbons (Fsp3) is 0.100. The van der Waals surface area contributed by atoms with Gasteiger partial charge in [0, 0.05) is 29.2 Å². The second-order valence-electron chi connectivity index (χ2n) is 6.05. The summed E-state index contributed by atoms with van der Waals surface area (Å²) in [7, 11) is 1.99. The lowest BCUT2D eigenvalue weighted by Gasteiger charge is -2.01. The summed E-state index contributed by atoms with van der Waals surface area (Å²) in [5.41, 5.74) is 4.73. The van der Waals surface area contributed by atoms with Crippen molar-refractivity contribution in [3.8, 4) is 0 Å². The van der Waals surface area contributed by atoms with E-state index in [1.807, 2.05) is 62.5 Å². The molecule has 130 valence electrons. The average Bonchev–Trinajstić information content (AvgIpc) is 3.15. The number of carboxylic acid groups (broad SMARTS) is 1. The normalized spacial score (nSPS) is 12.2. The highest BCUT2D eigenvalue weighted by molar-refractivity contribution is 8.04. The summed E-state index contributed by atoms with van der Waals surface area (Å²) in [6, 6.07) is 15.6. The minimum atomic E-state index is -0.970. The molecule has 0 radical (unpaired) electrons. The van der Waals surface area contributed by atoms with E-state index in [1.54, 1.807) is 6.08 Å². The van der Waals surface area contributed by atoms with Crippen LogP contribution in [0.15, 0.2) is 58.6 Å². The van der Waals surface area contributed by atoms with Gasteiger partial charge in [-0.2, -0.15) is 0 Å². The first kappa shape index (κ1) is 16.5. The van der Waals surface area contributed by atoms with E-state index in [1.165, 1.54) is 0 Å². The third kappa shape index (κ3) is 2.78. The number of aryl methyl sites for hydroxylation is 1. The van der Waals surface area contributed by atoms with Crippen LogP contribution in [0.1, 0.15) is 11.3 Å². The van der Waals surface area contributed by atoms with Gasteiger partial charge in [-0.05, 0) is 43.0 Å². The maximum absolute atomic E-state index is 11.8. The number of benzene rings is 2. The van der Waals surface area contributed by atoms with Gasteiger partial charge < -0.3 is 14.7 Å². The molecule has 6 heteroatoms. The molecule has 0 aliphatic carbocycles. The summed E-state index contributed by atoms with van der Waals surface area (Å²) < 4.78 is 2.08. The van der Waals surface area contributed by atoms with Gasteiger partial charge in [-0.25, -0.2) is 9.78 Å². The fourth-order valence-corrected chi connectivity index (χ4v) is 3.86. The van der Waals surface area contributed by atoms with Crippen molar-refractivity contribution in [2.24, 2.45) is 7.05 Å². The Morgan fingerprint density at radius 1 is 1.19 bits per heavy atom. The Morgan fingerprint density at radius 3 is 2.69 bits per heavy atom. The van der Waals surface area contributed by atoms with Crippen molar-refractivity contribution >= 4 is 45.7 Å². The predicted octanol–water partition coefficient (Wildman–Crippen LogP) is 4.58. The second kappa shape index (κ2) is 6.38. The van der Waals surface area contributed by atoms with Gasteiger partial charge in [-0.1, -0.05) is 30.3 Å². The van der Waals surface area contributed by atoms with Gasteiger partial charge in [0.25, 0.3) is 0 Å². The third-order valence-electron chi connectivity index (χ3n) is 4.51. The largest absolute Gasteiger partial charge is 0.477 e. The molecule has 0 spiro atoms. The van der Waals surface area contributed by atoms with Gasteiger partial charge >= 0.3 is 5.97 Å². The number of nitrogens with one attached hydrogen (secondary N) is 1. The van der Waals surface area contributed by atoms with E-state index >= 15 is 0 Å². The molecule has 2 heterocycles. The van der Waals surface area contributed by atoms with E-state index in [0.29, 0.717) is 5.16 Å². The first-order valence-corrected chi connectivity index (χ1v) is 8.98. The quantitative estimate of drug-likeness (QED) is 0.411. The number of H-pyrrole nitrogens is 1. The summed E-state index contributed by atoms with van der Waals surface area (Å²) in [4.78, 5) is 19.7. The third-order valence-corrected chi connectivity index (χ3v) is 5.41. The van der Waals surface area contributed by atoms with Crippen LogP contribution in [0.4, 0.5) is 0 Å². The number of imidazole rings is 1. The molecule has 0 amide bonds. The molecule has 0 saturated heterocycles. The van der Waals surface area contributed by atoms with Crippen LogP contribution in [0.3, 0.4) is 0 Å². The number of hydrogen-bond acceptors (Lipinski definition) is 3. The van der Waals surface area contributed by atoms with Crippen LogP contribution in [0.2, 0.25) is 0 Å². The summed E-state index contributed by atoms with van der Waals surface area (Å²) in [5, 5.41) is 11.3. The molecule has 0 aliphatic rings. The molecule has 0 unspecified atom stereocenters. The number of thioether (sulfide) groups is 1. The Bertz CT molecular complexity index is 1140. The van der Waals surface area contributed by atoms with E-state index in [-0.39, 0.29) is 4.91 Å². The smallest absolute Gasteiger partial charge is 0.342 e. The van der Waals surface area contributed by atoms with E-state index in [9.17, 15) is 9.90 Å². The van der Waals surface area contributed by atoms with E-state index in [2.05, 4.69) is 14.5 Å². The minimum absolute atomic E-state index is 0.225. The van der Waals surface area contributed by atoms with Crippen molar-refractivity contribution in [1.29, 1.82) is 0 Å². The van der Waals surface area contributed by atoms with Crippen LogP contribution >= 0.6 is 11.8 Å². The lowest BCUT2D eigenvalue weighted by atomic mass is 10.1. The number of fused-ring (bicyclic) bond motifs is 2. The number of para-hydroxylation sites is 3. The first-order valence-electron chi connectivity index (χ1n) is 8.16. The number of carbonyl (C=O) groups is 1. The number of aromatic amines is 1. The van der Waals surface area contributed by atoms with Gasteiger partial charge in [0.1, 0.15) is 4.91 Å². The van der Waals surface area contributed by atoms with Crippen LogP contribution < -0.4 is 0 Å². The molecule has 0 bridgehead atoms. The molecule has 0 atom stereocenters. The van der Waals surface area contributed by atoms with Crippen molar-refractivity contribution in [3.05, 3.63) is 64.7 Å². The summed E-state index contributed by atoms with van der Waals surface area (Å²) in [6.45, 7) is 2.00. The zero-order chi connectivity index (χ0) is 18.3. The summed E-state index contributed by atoms with van der Waals surface area (Å²) >= 11 is 1.13. The molecule has 2 N–H and O–H groups in total. The second-order valence-corrected chi connectivity index (χ2v) is 7.08. The maximum atomic E-state index is 11.8. The molecule has 5 nitrogen and oxygen atoms in total. The van der Waals surface area contributed by atoms with Gasteiger partial charge in [0.15, 0.2) is 5.16 Å². The molecular weight excluding hydrogens is 346 g/mol. The zero-order valence-electron chi connectivity index (χ0n) is 14.4. The van der Waals surface area contributed by atoms with Crippen LogP contribution in [-0.4, -0.2) is 25.6 Å². The SMILES string of the molecule is Cc1c(/C=C(\Sc2nc3ccccc3[nH]2)C(=O)O)c2ccccc2n1C. The van der Waals surface area contributed by atoms with Crippen LogP contribution in [0, 0.1) is 6.92 Å². The van der Waals surface area contributed by atoms with Crippen molar-refractivity contribution < 1.29 is 9.90 Å². The number of nitrogens with zero attached hydrogens (tertiary/aromatic N) is 2. The topological polar surface area (TPSA) is 70.9 Å². The molecule has 4 aromatic rings. The Labute approximate surface area is 154 Å². The standard InChI is InChI=1S/C20H17N3O2S/c1-12-14(13-7-3-6-10-17(13)23(12)2)11-18(19(24)25)26-20-21-15-8-4-5-9-16(15)22-20/h3-11H,1-2H3,(H,21,22)(H,24,25)/b18-11-. The van der Waals surface area contributed by atoms with Crippen molar-refractivity contribution in [2.75, 3.05) is 0 Å². The molecule has 26 heavy (non-hydrogen) atoms. The highest BCUT2D eigenvalue weighted by atomic mass is 32.2. The molecule has 4 rings (SSSR count). The zero-order valence-corrected chi connectivity index (χ0v) is 15.2. The summed E-state index contributed by atoms with van der Waals surface area (Å²) in [5.74, 6) is -0.970. The van der Waals surface area contributed by atoms with Gasteiger partial charge in [0.2, 0.25) is 0 Å². The number of rotatable bonds is 4. The number of carboxylic acids is 1. The Morgan fingerprint density at radius 2 is 1.92 bits per heavy atom. The van der Waals surface area contributed by atoms with Crippen LogP contribution in [0.25, 0.3) is 28.0 Å². The van der Waals surface area contributed by atoms with Gasteiger partial charge in [-0.15, -0.1) is 0 Å². The van der Waals surface area contributed by atoms with Crippen molar-refractivity contribution in [3.63, 3.8) is 0 Å². The minimum Gasteiger partial charge on any atom is -0.477 e. The van der Waals surface area contributed by atoms with E-state index < -0.39 is 5.97 Å². The average molecular weight is 363 g/mol. The van der Waals surface area contributed by atoms with Crippen LogP contribution in [-0.2, 0) is 11.8 Å². The van der Waals surface area contributed by atoms with Crippen LogP contribution in [0.5, 0.6) is 0 Å². The highest BCUT2D eigenvalue weighted by Crippen LogP contribution is 2.32. The monoisotopic (exact) mass is 363 g/mol. The summed E-state index contributed by atoms with van der Waals surface area (Å²) in [6.07, 6.45) is 1.73. The Balaban J connectivity index is 1.80. The lowest BCUT2D eigenvalue weighted by Crippen LogP contribution is -1.98. The molecular formula is C20H17N3O2S. The molecule has 0 saturated carbocycles. The fourth-order valence-electron chi connectivity index (χ4n) is 3.08. The van der Waals surface area contributed by atoms with Crippen molar-refractivity contribution in [2.45, 2.75) is 12.1 Å².